The number of rotatable bonds is 3. The van der Waals surface area contributed by atoms with Crippen LogP contribution in [0.5, 0.6) is 0 Å². The first-order valence-electron chi connectivity index (χ1n) is 6.70. The van der Waals surface area contributed by atoms with E-state index < -0.39 is 0 Å². The van der Waals surface area contributed by atoms with Crippen molar-refractivity contribution in [3.05, 3.63) is 35.4 Å². The van der Waals surface area contributed by atoms with E-state index in [1.807, 2.05) is 0 Å². The molecule has 0 aliphatic carbocycles. The molecule has 1 aliphatic heterocycles. The summed E-state index contributed by atoms with van der Waals surface area (Å²) >= 11 is 0. The Balaban J connectivity index is 2.21. The normalized spacial score (nSPS) is 20.4. The van der Waals surface area contributed by atoms with Crippen molar-refractivity contribution in [1.29, 1.82) is 0 Å². The Labute approximate surface area is 105 Å². The Bertz CT molecular complexity index is 365. The van der Waals surface area contributed by atoms with Gasteiger partial charge < -0.3 is 10.6 Å². The third kappa shape index (κ3) is 2.53. The lowest BCUT2D eigenvalue weighted by Crippen LogP contribution is -2.46. The topological polar surface area (TPSA) is 29.3 Å². The molecule has 0 amide bonds. The standard InChI is InChI=1S/C15H24N2/c1-3-17-9-7-15(12-16,8-10-17)14-6-4-5-13(2)11-14/h4-6,11H,3,7-10,12,16H2,1-2H3. The average molecular weight is 232 g/mol. The Morgan fingerprint density at radius 1 is 1.29 bits per heavy atom. The number of benzene rings is 1. The molecule has 1 heterocycles. The summed E-state index contributed by atoms with van der Waals surface area (Å²) in [5.74, 6) is 0. The highest BCUT2D eigenvalue weighted by atomic mass is 15.1. The molecule has 0 aromatic heterocycles. The molecule has 17 heavy (non-hydrogen) atoms. The van der Waals surface area contributed by atoms with Gasteiger partial charge in [0.25, 0.3) is 0 Å². The summed E-state index contributed by atoms with van der Waals surface area (Å²) in [4.78, 5) is 2.52. The summed E-state index contributed by atoms with van der Waals surface area (Å²) in [6, 6.07) is 8.89. The maximum absolute atomic E-state index is 6.09. The molecule has 1 fully saturated rings. The summed E-state index contributed by atoms with van der Waals surface area (Å²) in [5, 5.41) is 0. The third-order valence-corrected chi connectivity index (χ3v) is 4.28. The predicted molar refractivity (Wildman–Crippen MR) is 73.3 cm³/mol. The molecule has 1 aliphatic rings. The highest BCUT2D eigenvalue weighted by Crippen LogP contribution is 2.34. The van der Waals surface area contributed by atoms with Crippen LogP contribution < -0.4 is 5.73 Å². The van der Waals surface area contributed by atoms with Crippen LogP contribution >= 0.6 is 0 Å². The number of aryl methyl sites for hydroxylation is 1. The number of nitrogens with two attached hydrogens (primary N) is 1. The SMILES string of the molecule is CCN1CCC(CN)(c2cccc(C)c2)CC1. The van der Waals surface area contributed by atoms with E-state index in [2.05, 4.69) is 43.0 Å². The lowest BCUT2D eigenvalue weighted by atomic mass is 9.72. The van der Waals surface area contributed by atoms with Crippen LogP contribution in [-0.2, 0) is 5.41 Å². The molecule has 0 radical (unpaired) electrons. The van der Waals surface area contributed by atoms with Gasteiger partial charge in [-0.25, -0.2) is 0 Å². The summed E-state index contributed by atoms with van der Waals surface area (Å²) in [5.41, 5.74) is 9.09. The van der Waals surface area contributed by atoms with Crippen molar-refractivity contribution >= 4 is 0 Å². The molecule has 2 rings (SSSR count). The van der Waals surface area contributed by atoms with Gasteiger partial charge in [0.05, 0.1) is 0 Å². The maximum Gasteiger partial charge on any atom is 0.00999 e. The average Bonchev–Trinajstić information content (AvgIpc) is 2.39. The van der Waals surface area contributed by atoms with Gasteiger partial charge in [0, 0.05) is 12.0 Å². The molecule has 0 atom stereocenters. The van der Waals surface area contributed by atoms with Gasteiger partial charge in [-0.2, -0.15) is 0 Å². The van der Waals surface area contributed by atoms with Crippen LogP contribution in [0.1, 0.15) is 30.9 Å². The van der Waals surface area contributed by atoms with Crippen molar-refractivity contribution in [2.45, 2.75) is 32.1 Å². The molecule has 1 aromatic rings. The van der Waals surface area contributed by atoms with Gasteiger partial charge in [-0.05, 0) is 45.0 Å². The smallest absolute Gasteiger partial charge is 0.00999 e. The van der Waals surface area contributed by atoms with Crippen molar-refractivity contribution in [2.24, 2.45) is 5.73 Å². The van der Waals surface area contributed by atoms with Crippen LogP contribution in [0.15, 0.2) is 24.3 Å². The van der Waals surface area contributed by atoms with Crippen LogP contribution in [0, 0.1) is 6.92 Å². The Kier molecular flexibility index (Phi) is 3.85. The number of likely N-dealkylation sites (tertiary alicyclic amines) is 1. The minimum atomic E-state index is 0.220. The molecule has 1 aromatic carbocycles. The minimum absolute atomic E-state index is 0.220. The first-order valence-corrected chi connectivity index (χ1v) is 6.70. The van der Waals surface area contributed by atoms with E-state index >= 15 is 0 Å². The van der Waals surface area contributed by atoms with E-state index in [-0.39, 0.29) is 5.41 Å². The zero-order valence-electron chi connectivity index (χ0n) is 11.1. The van der Waals surface area contributed by atoms with E-state index in [1.54, 1.807) is 0 Å². The molecule has 1 saturated heterocycles. The zero-order chi connectivity index (χ0) is 12.3. The molecule has 0 bridgehead atoms. The number of hydrogen-bond acceptors (Lipinski definition) is 2. The van der Waals surface area contributed by atoms with Crippen LogP contribution in [0.2, 0.25) is 0 Å². The Morgan fingerprint density at radius 2 is 2.00 bits per heavy atom. The Morgan fingerprint density at radius 3 is 2.53 bits per heavy atom. The van der Waals surface area contributed by atoms with Crippen LogP contribution in [0.4, 0.5) is 0 Å². The van der Waals surface area contributed by atoms with Crippen molar-refractivity contribution < 1.29 is 0 Å². The van der Waals surface area contributed by atoms with Crippen LogP contribution in [-0.4, -0.2) is 31.1 Å². The molecule has 2 nitrogen and oxygen atoms in total. The first-order chi connectivity index (χ1) is 8.20. The van der Waals surface area contributed by atoms with Gasteiger partial charge in [-0.15, -0.1) is 0 Å². The fraction of sp³-hybridized carbons (Fsp3) is 0.600. The molecule has 94 valence electrons. The lowest BCUT2D eigenvalue weighted by molar-refractivity contribution is 0.169. The quantitative estimate of drug-likeness (QED) is 0.866. The van der Waals surface area contributed by atoms with E-state index in [1.165, 1.54) is 37.1 Å². The summed E-state index contributed by atoms with van der Waals surface area (Å²) in [7, 11) is 0. The monoisotopic (exact) mass is 232 g/mol. The molecule has 0 spiro atoms. The summed E-state index contributed by atoms with van der Waals surface area (Å²) in [6.07, 6.45) is 2.39. The van der Waals surface area contributed by atoms with Crippen LogP contribution in [0.3, 0.4) is 0 Å². The Hall–Kier alpha value is -0.860. The second-order valence-electron chi connectivity index (χ2n) is 5.29. The van der Waals surface area contributed by atoms with Gasteiger partial charge in [-0.3, -0.25) is 0 Å². The van der Waals surface area contributed by atoms with Crippen molar-refractivity contribution in [3.63, 3.8) is 0 Å². The molecule has 2 heteroatoms. The highest BCUT2D eigenvalue weighted by Gasteiger charge is 2.34. The number of nitrogens with zero attached hydrogens (tertiary/aromatic N) is 1. The predicted octanol–water partition coefficient (Wildman–Crippen LogP) is 2.31. The zero-order valence-corrected chi connectivity index (χ0v) is 11.1. The van der Waals surface area contributed by atoms with Crippen molar-refractivity contribution in [3.8, 4) is 0 Å². The van der Waals surface area contributed by atoms with Crippen molar-refractivity contribution in [2.75, 3.05) is 26.2 Å². The first kappa shape index (κ1) is 12.6. The fourth-order valence-corrected chi connectivity index (χ4v) is 2.88. The summed E-state index contributed by atoms with van der Waals surface area (Å²) < 4.78 is 0. The molecule has 2 N–H and O–H groups in total. The van der Waals surface area contributed by atoms with E-state index in [0.29, 0.717) is 0 Å². The second kappa shape index (κ2) is 5.19. The third-order valence-electron chi connectivity index (χ3n) is 4.28. The largest absolute Gasteiger partial charge is 0.330 e. The van der Waals surface area contributed by atoms with Gasteiger partial charge >= 0.3 is 0 Å². The molecule has 0 unspecified atom stereocenters. The van der Waals surface area contributed by atoms with E-state index in [0.717, 1.165) is 13.1 Å². The van der Waals surface area contributed by atoms with Crippen molar-refractivity contribution in [1.82, 2.24) is 4.90 Å². The number of hydrogen-bond donors (Lipinski definition) is 1. The molecular formula is C15H24N2. The maximum atomic E-state index is 6.09. The second-order valence-corrected chi connectivity index (χ2v) is 5.29. The molecule has 0 saturated carbocycles. The van der Waals surface area contributed by atoms with Gasteiger partial charge in [0.15, 0.2) is 0 Å². The minimum Gasteiger partial charge on any atom is -0.330 e. The van der Waals surface area contributed by atoms with Crippen LogP contribution in [0.25, 0.3) is 0 Å². The fourth-order valence-electron chi connectivity index (χ4n) is 2.88. The number of piperidine rings is 1. The summed E-state index contributed by atoms with van der Waals surface area (Å²) in [6.45, 7) is 8.70. The van der Waals surface area contributed by atoms with Gasteiger partial charge in [-0.1, -0.05) is 36.8 Å². The lowest BCUT2D eigenvalue weighted by Gasteiger charge is -2.41. The van der Waals surface area contributed by atoms with Gasteiger partial charge in [0.2, 0.25) is 0 Å². The highest BCUT2D eigenvalue weighted by molar-refractivity contribution is 5.30. The van der Waals surface area contributed by atoms with E-state index in [9.17, 15) is 0 Å². The van der Waals surface area contributed by atoms with E-state index in [4.69, 9.17) is 5.73 Å². The molecular weight excluding hydrogens is 208 g/mol. The van der Waals surface area contributed by atoms with Gasteiger partial charge in [0.1, 0.15) is 0 Å².